The fourth-order valence-corrected chi connectivity index (χ4v) is 1.61. The zero-order valence-corrected chi connectivity index (χ0v) is 8.17. The topological polar surface area (TPSA) is 53.0 Å². The van der Waals surface area contributed by atoms with E-state index in [1.165, 1.54) is 5.01 Å². The Labute approximate surface area is 87.2 Å². The zero-order valence-electron chi connectivity index (χ0n) is 8.17. The summed E-state index contributed by atoms with van der Waals surface area (Å²) in [5.74, 6) is -0.0907. The summed E-state index contributed by atoms with van der Waals surface area (Å²) in [5, 5.41) is 4.00. The molecule has 2 rings (SSSR count). The summed E-state index contributed by atoms with van der Waals surface area (Å²) in [5.41, 5.74) is 0.869. The highest BCUT2D eigenvalue weighted by Gasteiger charge is 2.24. The first-order valence-corrected chi connectivity index (χ1v) is 4.75. The molecular formula is C10H11N3O2. The highest BCUT2D eigenvalue weighted by molar-refractivity contribution is 5.95. The average molecular weight is 205 g/mol. The molecule has 1 aliphatic heterocycles. The molecule has 1 heterocycles. The monoisotopic (exact) mass is 205 g/mol. The minimum absolute atomic E-state index is 0.0679. The van der Waals surface area contributed by atoms with Crippen LogP contribution in [-0.4, -0.2) is 30.6 Å². The van der Waals surface area contributed by atoms with E-state index in [0.29, 0.717) is 13.1 Å². The molecule has 0 aromatic heterocycles. The maximum Gasteiger partial charge on any atom is 0.248 e. The Kier molecular flexibility index (Phi) is 2.62. The van der Waals surface area contributed by atoms with Crippen molar-refractivity contribution in [1.29, 1.82) is 0 Å². The molecule has 0 atom stereocenters. The molecule has 5 nitrogen and oxygen atoms in total. The van der Waals surface area contributed by atoms with Gasteiger partial charge in [0.2, 0.25) is 5.91 Å². The molecule has 15 heavy (non-hydrogen) atoms. The number of nitrogens with zero attached hydrogens (tertiary/aromatic N) is 3. The van der Waals surface area contributed by atoms with Gasteiger partial charge in [-0.3, -0.25) is 4.79 Å². The third-order valence-corrected chi connectivity index (χ3v) is 2.38. The van der Waals surface area contributed by atoms with Crippen molar-refractivity contribution in [2.75, 3.05) is 24.5 Å². The summed E-state index contributed by atoms with van der Waals surface area (Å²) in [6, 6.07) is 9.42. The van der Waals surface area contributed by atoms with Crippen LogP contribution >= 0.6 is 0 Å². The number of hydrogen-bond acceptors (Lipinski definition) is 3. The van der Waals surface area contributed by atoms with Gasteiger partial charge in [0, 0.05) is 12.2 Å². The standard InChI is InChI=1S/C10H11N3O2/c14-10-8-12(11-15)6-7-13(10)9-4-2-1-3-5-9/h1-5H,6-8H2. The Morgan fingerprint density at radius 2 is 1.87 bits per heavy atom. The Morgan fingerprint density at radius 1 is 1.13 bits per heavy atom. The fraction of sp³-hybridized carbons (Fsp3) is 0.300. The molecule has 0 aliphatic carbocycles. The SMILES string of the molecule is O=NN1CCN(c2ccccc2)C(=O)C1. The number of piperazine rings is 1. The quantitative estimate of drug-likeness (QED) is 0.677. The Bertz CT molecular complexity index is 366. The Balaban J connectivity index is 2.13. The van der Waals surface area contributed by atoms with Crippen LogP contribution in [0.4, 0.5) is 5.69 Å². The van der Waals surface area contributed by atoms with Crippen LogP contribution in [-0.2, 0) is 4.79 Å². The fourth-order valence-electron chi connectivity index (χ4n) is 1.61. The minimum Gasteiger partial charge on any atom is -0.309 e. The van der Waals surface area contributed by atoms with E-state index >= 15 is 0 Å². The zero-order chi connectivity index (χ0) is 10.7. The first-order valence-electron chi connectivity index (χ1n) is 4.75. The van der Waals surface area contributed by atoms with Crippen LogP contribution in [0, 0.1) is 4.91 Å². The molecule has 0 radical (unpaired) electrons. The third kappa shape index (κ3) is 1.96. The van der Waals surface area contributed by atoms with Crippen LogP contribution < -0.4 is 4.90 Å². The normalized spacial score (nSPS) is 16.7. The van der Waals surface area contributed by atoms with Gasteiger partial charge in [0.25, 0.3) is 0 Å². The van der Waals surface area contributed by atoms with Gasteiger partial charge in [0.15, 0.2) is 0 Å². The van der Waals surface area contributed by atoms with Gasteiger partial charge in [0.1, 0.15) is 6.54 Å². The van der Waals surface area contributed by atoms with E-state index in [1.54, 1.807) is 4.90 Å². The number of amides is 1. The van der Waals surface area contributed by atoms with Gasteiger partial charge in [-0.2, -0.15) is 0 Å². The molecule has 1 aromatic rings. The Hall–Kier alpha value is -1.91. The highest BCUT2D eigenvalue weighted by atomic mass is 16.3. The number of benzene rings is 1. The molecule has 1 aliphatic rings. The van der Waals surface area contributed by atoms with E-state index in [0.717, 1.165) is 5.69 Å². The average Bonchev–Trinajstić information content (AvgIpc) is 2.30. The van der Waals surface area contributed by atoms with Gasteiger partial charge < -0.3 is 4.90 Å². The van der Waals surface area contributed by atoms with Crippen molar-refractivity contribution in [1.82, 2.24) is 5.01 Å². The summed E-state index contributed by atoms with van der Waals surface area (Å²) in [6.07, 6.45) is 0. The number of nitroso groups, excluding NO2 is 1. The molecular weight excluding hydrogens is 194 g/mol. The summed E-state index contributed by atoms with van der Waals surface area (Å²) in [7, 11) is 0. The lowest BCUT2D eigenvalue weighted by molar-refractivity contribution is -0.121. The van der Waals surface area contributed by atoms with Crippen LogP contribution in [0.3, 0.4) is 0 Å². The van der Waals surface area contributed by atoms with Crippen molar-refractivity contribution in [3.8, 4) is 0 Å². The number of para-hydroxylation sites is 1. The second-order valence-electron chi connectivity index (χ2n) is 3.35. The van der Waals surface area contributed by atoms with E-state index in [2.05, 4.69) is 5.29 Å². The van der Waals surface area contributed by atoms with Gasteiger partial charge in [-0.25, -0.2) is 5.01 Å². The first-order chi connectivity index (χ1) is 7.31. The number of carbonyl (C=O) groups is 1. The summed E-state index contributed by atoms with van der Waals surface area (Å²) < 4.78 is 0. The van der Waals surface area contributed by atoms with Crippen molar-refractivity contribution < 1.29 is 4.79 Å². The number of hydrogen-bond donors (Lipinski definition) is 0. The number of carbonyl (C=O) groups excluding carboxylic acids is 1. The first kappa shape index (κ1) is 9.64. The van der Waals surface area contributed by atoms with Crippen LogP contribution in [0.2, 0.25) is 0 Å². The van der Waals surface area contributed by atoms with E-state index in [1.807, 2.05) is 30.3 Å². The smallest absolute Gasteiger partial charge is 0.248 e. The van der Waals surface area contributed by atoms with Crippen molar-refractivity contribution in [3.05, 3.63) is 35.2 Å². The lowest BCUT2D eigenvalue weighted by atomic mass is 10.2. The molecule has 1 saturated heterocycles. The summed E-state index contributed by atoms with van der Waals surface area (Å²) >= 11 is 0. The number of rotatable bonds is 2. The van der Waals surface area contributed by atoms with Crippen molar-refractivity contribution in [3.63, 3.8) is 0 Å². The maximum absolute atomic E-state index is 11.6. The van der Waals surface area contributed by atoms with Gasteiger partial charge in [0.05, 0.1) is 11.8 Å². The molecule has 0 spiro atoms. The molecule has 0 saturated carbocycles. The van der Waals surface area contributed by atoms with E-state index in [-0.39, 0.29) is 12.5 Å². The van der Waals surface area contributed by atoms with Gasteiger partial charge in [-0.15, -0.1) is 4.91 Å². The Morgan fingerprint density at radius 3 is 2.47 bits per heavy atom. The molecule has 1 amide bonds. The van der Waals surface area contributed by atoms with Crippen molar-refractivity contribution in [2.24, 2.45) is 5.29 Å². The van der Waals surface area contributed by atoms with Crippen molar-refractivity contribution in [2.45, 2.75) is 0 Å². The summed E-state index contributed by atoms with van der Waals surface area (Å²) in [4.78, 5) is 23.6. The minimum atomic E-state index is -0.0907. The van der Waals surface area contributed by atoms with Gasteiger partial charge in [-0.1, -0.05) is 18.2 Å². The predicted molar refractivity (Wildman–Crippen MR) is 56.2 cm³/mol. The van der Waals surface area contributed by atoms with Crippen LogP contribution in [0.1, 0.15) is 0 Å². The summed E-state index contributed by atoms with van der Waals surface area (Å²) in [6.45, 7) is 1.07. The van der Waals surface area contributed by atoms with Gasteiger partial charge >= 0.3 is 0 Å². The molecule has 1 aromatic carbocycles. The van der Waals surface area contributed by atoms with Crippen LogP contribution in [0.5, 0.6) is 0 Å². The molecule has 0 N–H and O–H groups in total. The van der Waals surface area contributed by atoms with Crippen LogP contribution in [0.15, 0.2) is 35.6 Å². The van der Waals surface area contributed by atoms with E-state index < -0.39 is 0 Å². The lowest BCUT2D eigenvalue weighted by Gasteiger charge is -2.30. The highest BCUT2D eigenvalue weighted by Crippen LogP contribution is 2.16. The molecule has 0 unspecified atom stereocenters. The second-order valence-corrected chi connectivity index (χ2v) is 3.35. The maximum atomic E-state index is 11.6. The molecule has 5 heteroatoms. The van der Waals surface area contributed by atoms with E-state index in [4.69, 9.17) is 0 Å². The molecule has 1 fully saturated rings. The second kappa shape index (κ2) is 4.08. The predicted octanol–water partition coefficient (Wildman–Crippen LogP) is 1.02. The van der Waals surface area contributed by atoms with Crippen molar-refractivity contribution >= 4 is 11.6 Å². The van der Waals surface area contributed by atoms with Crippen LogP contribution in [0.25, 0.3) is 0 Å². The molecule has 78 valence electrons. The largest absolute Gasteiger partial charge is 0.309 e. The van der Waals surface area contributed by atoms with E-state index in [9.17, 15) is 9.70 Å². The molecule has 0 bridgehead atoms. The van der Waals surface area contributed by atoms with Gasteiger partial charge in [-0.05, 0) is 12.1 Å². The lowest BCUT2D eigenvalue weighted by Crippen LogP contribution is -2.48. The number of anilines is 1. The third-order valence-electron chi connectivity index (χ3n) is 2.38.